The molecule has 4 nitrogen and oxygen atoms in total. The van der Waals surface area contributed by atoms with Crippen molar-refractivity contribution in [2.75, 3.05) is 26.2 Å². The molecule has 1 saturated carbocycles. The van der Waals surface area contributed by atoms with Crippen LogP contribution in [-0.2, 0) is 0 Å². The lowest BCUT2D eigenvalue weighted by Crippen LogP contribution is -2.55. The van der Waals surface area contributed by atoms with Crippen LogP contribution in [0.1, 0.15) is 66.8 Å². The van der Waals surface area contributed by atoms with Gasteiger partial charge in [-0.15, -0.1) is 0 Å². The number of aliphatic hydroxyl groups excluding tert-OH is 1. The topological polar surface area (TPSA) is 43.8 Å². The van der Waals surface area contributed by atoms with Gasteiger partial charge < -0.3 is 10.0 Å². The predicted octanol–water partition coefficient (Wildman–Crippen LogP) is 4.70. The number of nitrogens with zero attached hydrogens (tertiary/aromatic N) is 2. The van der Waals surface area contributed by atoms with Crippen LogP contribution in [0.3, 0.4) is 0 Å². The highest BCUT2D eigenvalue weighted by atomic mass is 16.3. The molecule has 1 amide bonds. The Morgan fingerprint density at radius 3 is 2.25 bits per heavy atom. The van der Waals surface area contributed by atoms with Crippen LogP contribution in [0, 0.1) is 5.41 Å². The zero-order chi connectivity index (χ0) is 22.0. The largest absolute Gasteiger partial charge is 0.391 e. The van der Waals surface area contributed by atoms with E-state index in [9.17, 15) is 9.90 Å². The minimum absolute atomic E-state index is 0.0843. The number of amides is 1. The number of rotatable bonds is 3. The highest BCUT2D eigenvalue weighted by Crippen LogP contribution is 2.45. The van der Waals surface area contributed by atoms with Gasteiger partial charge in [-0.25, -0.2) is 0 Å². The molecule has 2 heterocycles. The molecule has 1 aliphatic carbocycles. The van der Waals surface area contributed by atoms with Crippen LogP contribution in [0.4, 0.5) is 0 Å². The number of aliphatic hydroxyl groups is 1. The van der Waals surface area contributed by atoms with Crippen molar-refractivity contribution in [2.24, 2.45) is 5.41 Å². The third kappa shape index (κ3) is 4.49. The molecule has 5 rings (SSSR count). The molecule has 2 aromatic carbocycles. The van der Waals surface area contributed by atoms with Crippen LogP contribution in [0.25, 0.3) is 0 Å². The SMILES string of the molecule is O=C(c1ccccc1)N1CCC[C@]2(CC[C@@H](N3CCC(c4ccccc4)CC3)[C@H](O)C2)C1. The van der Waals surface area contributed by atoms with Crippen molar-refractivity contribution >= 4 is 5.91 Å². The summed E-state index contributed by atoms with van der Waals surface area (Å²) in [6, 6.07) is 20.8. The van der Waals surface area contributed by atoms with Gasteiger partial charge in [-0.3, -0.25) is 9.69 Å². The first-order chi connectivity index (χ1) is 15.6. The Morgan fingerprint density at radius 1 is 0.875 bits per heavy atom. The summed E-state index contributed by atoms with van der Waals surface area (Å²) in [5.74, 6) is 0.791. The number of hydrogen-bond acceptors (Lipinski definition) is 3. The molecular formula is C28H36N2O2. The summed E-state index contributed by atoms with van der Waals surface area (Å²) in [6.07, 6.45) is 7.23. The Morgan fingerprint density at radius 2 is 1.56 bits per heavy atom. The summed E-state index contributed by atoms with van der Waals surface area (Å²) in [6.45, 7) is 3.78. The Hall–Kier alpha value is -2.17. The maximum Gasteiger partial charge on any atom is 0.253 e. The molecule has 3 aliphatic rings. The van der Waals surface area contributed by atoms with E-state index in [1.54, 1.807) is 0 Å². The summed E-state index contributed by atoms with van der Waals surface area (Å²) in [5.41, 5.74) is 2.32. The minimum atomic E-state index is -0.288. The Bertz CT molecular complexity index is 894. The number of likely N-dealkylation sites (tertiary alicyclic amines) is 2. The van der Waals surface area contributed by atoms with Gasteiger partial charge in [0, 0.05) is 24.7 Å². The van der Waals surface area contributed by atoms with Gasteiger partial charge in [0.1, 0.15) is 0 Å². The predicted molar refractivity (Wildman–Crippen MR) is 128 cm³/mol. The molecule has 4 heteroatoms. The average molecular weight is 433 g/mol. The summed E-state index contributed by atoms with van der Waals surface area (Å²) in [5, 5.41) is 11.2. The lowest BCUT2D eigenvalue weighted by molar-refractivity contribution is -0.0565. The molecule has 0 unspecified atom stereocenters. The second kappa shape index (κ2) is 9.36. The van der Waals surface area contributed by atoms with Gasteiger partial charge in [-0.1, -0.05) is 48.5 Å². The smallest absolute Gasteiger partial charge is 0.253 e. The summed E-state index contributed by atoms with van der Waals surface area (Å²) >= 11 is 0. The average Bonchev–Trinajstić information content (AvgIpc) is 2.85. The summed E-state index contributed by atoms with van der Waals surface area (Å²) in [4.78, 5) is 17.6. The van der Waals surface area contributed by atoms with E-state index in [-0.39, 0.29) is 23.5 Å². The standard InChI is InChI=1S/C28H36N2O2/c31-26-20-28(15-7-17-30(21-28)27(32)24-10-5-2-6-11-24)16-12-25(26)29-18-13-23(14-19-29)22-8-3-1-4-9-22/h1-6,8-11,23,25-26,31H,7,12-21H2/t25-,26-,28-/m1/s1. The number of hydrogen-bond donors (Lipinski definition) is 1. The Labute approximate surface area is 192 Å². The van der Waals surface area contributed by atoms with E-state index in [1.807, 2.05) is 35.2 Å². The molecular weight excluding hydrogens is 396 g/mol. The van der Waals surface area contributed by atoms with Gasteiger partial charge in [0.25, 0.3) is 5.91 Å². The maximum atomic E-state index is 13.0. The minimum Gasteiger partial charge on any atom is -0.391 e. The van der Waals surface area contributed by atoms with Crippen molar-refractivity contribution in [3.05, 3.63) is 71.8 Å². The molecule has 32 heavy (non-hydrogen) atoms. The van der Waals surface area contributed by atoms with Gasteiger partial charge in [-0.2, -0.15) is 0 Å². The quantitative estimate of drug-likeness (QED) is 0.764. The molecule has 2 aliphatic heterocycles. The maximum absolute atomic E-state index is 13.0. The van der Waals surface area contributed by atoms with Crippen LogP contribution in [0.2, 0.25) is 0 Å². The zero-order valence-electron chi connectivity index (χ0n) is 19.0. The number of benzene rings is 2. The van der Waals surface area contributed by atoms with Crippen molar-refractivity contribution in [1.82, 2.24) is 9.80 Å². The molecule has 0 bridgehead atoms. The normalized spacial score (nSPS) is 29.8. The molecule has 0 aromatic heterocycles. The third-order valence-corrected chi connectivity index (χ3v) is 8.30. The van der Waals surface area contributed by atoms with Crippen molar-refractivity contribution in [3.63, 3.8) is 0 Å². The fourth-order valence-corrected chi connectivity index (χ4v) is 6.56. The van der Waals surface area contributed by atoms with Crippen LogP contribution in [-0.4, -0.2) is 59.1 Å². The molecule has 1 spiro atoms. The van der Waals surface area contributed by atoms with Crippen LogP contribution >= 0.6 is 0 Å². The Kier molecular flexibility index (Phi) is 6.34. The first-order valence-corrected chi connectivity index (χ1v) is 12.4. The lowest BCUT2D eigenvalue weighted by atomic mass is 9.66. The molecule has 3 fully saturated rings. The molecule has 1 N–H and O–H groups in total. The molecule has 170 valence electrons. The fourth-order valence-electron chi connectivity index (χ4n) is 6.56. The third-order valence-electron chi connectivity index (χ3n) is 8.30. The molecule has 2 saturated heterocycles. The monoisotopic (exact) mass is 432 g/mol. The van der Waals surface area contributed by atoms with E-state index in [4.69, 9.17) is 0 Å². The Balaban J connectivity index is 1.18. The molecule has 2 aromatic rings. The highest BCUT2D eigenvalue weighted by Gasteiger charge is 2.45. The first kappa shape index (κ1) is 21.7. The van der Waals surface area contributed by atoms with Crippen molar-refractivity contribution in [3.8, 4) is 0 Å². The van der Waals surface area contributed by atoms with Crippen LogP contribution < -0.4 is 0 Å². The number of piperidine rings is 2. The van der Waals surface area contributed by atoms with Gasteiger partial charge in [0.2, 0.25) is 0 Å². The van der Waals surface area contributed by atoms with Crippen molar-refractivity contribution in [1.29, 1.82) is 0 Å². The lowest BCUT2D eigenvalue weighted by Gasteiger charge is -2.51. The van der Waals surface area contributed by atoms with Crippen molar-refractivity contribution < 1.29 is 9.90 Å². The fraction of sp³-hybridized carbons (Fsp3) is 0.536. The van der Waals surface area contributed by atoms with E-state index in [2.05, 4.69) is 35.2 Å². The van der Waals surface area contributed by atoms with Crippen LogP contribution in [0.15, 0.2) is 60.7 Å². The van der Waals surface area contributed by atoms with Crippen LogP contribution in [0.5, 0.6) is 0 Å². The summed E-state index contributed by atoms with van der Waals surface area (Å²) in [7, 11) is 0. The van der Waals surface area contributed by atoms with E-state index < -0.39 is 0 Å². The molecule has 3 atom stereocenters. The van der Waals surface area contributed by atoms with E-state index in [0.717, 1.165) is 63.8 Å². The number of carbonyl (C=O) groups excluding carboxylic acids is 1. The van der Waals surface area contributed by atoms with Gasteiger partial charge in [0.15, 0.2) is 0 Å². The van der Waals surface area contributed by atoms with Gasteiger partial charge >= 0.3 is 0 Å². The number of carbonyl (C=O) groups is 1. The van der Waals surface area contributed by atoms with E-state index >= 15 is 0 Å². The van der Waals surface area contributed by atoms with E-state index in [0.29, 0.717) is 5.92 Å². The second-order valence-corrected chi connectivity index (χ2v) is 10.3. The van der Waals surface area contributed by atoms with Gasteiger partial charge in [0.05, 0.1) is 6.10 Å². The first-order valence-electron chi connectivity index (χ1n) is 12.4. The van der Waals surface area contributed by atoms with Gasteiger partial charge in [-0.05, 0) is 87.1 Å². The zero-order valence-corrected chi connectivity index (χ0v) is 19.0. The second-order valence-electron chi connectivity index (χ2n) is 10.3. The van der Waals surface area contributed by atoms with E-state index in [1.165, 1.54) is 18.4 Å². The highest BCUT2D eigenvalue weighted by molar-refractivity contribution is 5.94. The van der Waals surface area contributed by atoms with Crippen molar-refractivity contribution in [2.45, 2.75) is 63.0 Å². The summed E-state index contributed by atoms with van der Waals surface area (Å²) < 4.78 is 0. The molecule has 0 radical (unpaired) electrons.